The van der Waals surface area contributed by atoms with E-state index >= 15 is 0 Å². The van der Waals surface area contributed by atoms with E-state index in [1.54, 1.807) is 26.7 Å². The Balaban J connectivity index is 1.34. The molecule has 7 heteroatoms. The molecule has 3 aromatic rings. The van der Waals surface area contributed by atoms with Gasteiger partial charge in [0.15, 0.2) is 11.5 Å². The van der Waals surface area contributed by atoms with Crippen molar-refractivity contribution in [2.45, 2.75) is 19.3 Å². The zero-order chi connectivity index (χ0) is 25.0. The van der Waals surface area contributed by atoms with Crippen LogP contribution in [0, 0.1) is 0 Å². The second-order valence-electron chi connectivity index (χ2n) is 8.58. The van der Waals surface area contributed by atoms with Crippen LogP contribution in [-0.4, -0.2) is 73.2 Å². The van der Waals surface area contributed by atoms with Crippen LogP contribution in [0.4, 0.5) is 0 Å². The van der Waals surface area contributed by atoms with Crippen LogP contribution in [0.5, 0.6) is 11.5 Å². The van der Waals surface area contributed by atoms with Gasteiger partial charge in [0.25, 0.3) is 0 Å². The molecule has 0 spiro atoms. The largest absolute Gasteiger partial charge is 0.493 e. The summed E-state index contributed by atoms with van der Waals surface area (Å²) < 4.78 is 12.6. The van der Waals surface area contributed by atoms with Crippen molar-refractivity contribution >= 4 is 12.0 Å². The third-order valence-electron chi connectivity index (χ3n) is 5.99. The van der Waals surface area contributed by atoms with Gasteiger partial charge >= 0.3 is 0 Å². The summed E-state index contributed by atoms with van der Waals surface area (Å²) in [5.41, 5.74) is 3.34. The van der Waals surface area contributed by atoms with E-state index in [0.29, 0.717) is 6.42 Å². The van der Waals surface area contributed by atoms with Crippen molar-refractivity contribution in [1.29, 1.82) is 0 Å². The minimum Gasteiger partial charge on any atom is -0.493 e. The molecule has 0 unspecified atom stereocenters. The highest BCUT2D eigenvalue weighted by Crippen LogP contribution is 2.27. The topological polar surface area (TPSA) is 59.8 Å². The van der Waals surface area contributed by atoms with Gasteiger partial charge in [-0.15, -0.1) is 0 Å². The van der Waals surface area contributed by atoms with E-state index in [-0.39, 0.29) is 5.91 Å². The number of likely N-dealkylation sites (N-methyl/N-ethyl adjacent to an activating group) is 1. The molecule has 186 valence electrons. The van der Waals surface area contributed by atoms with E-state index in [1.807, 2.05) is 71.3 Å². The number of rotatable bonds is 13. The molecule has 7 nitrogen and oxygen atoms in total. The van der Waals surface area contributed by atoms with Crippen LogP contribution < -0.4 is 9.47 Å². The molecule has 0 bridgehead atoms. The maximum Gasteiger partial charge on any atom is 0.226 e. The third-order valence-corrected chi connectivity index (χ3v) is 5.99. The van der Waals surface area contributed by atoms with Gasteiger partial charge in [-0.05, 0) is 61.8 Å². The maximum atomic E-state index is 12.5. The Hall–Kier alpha value is -3.58. The molecule has 0 saturated heterocycles. The molecule has 0 aliphatic rings. The monoisotopic (exact) mass is 476 g/mol. The van der Waals surface area contributed by atoms with Crippen molar-refractivity contribution in [3.63, 3.8) is 0 Å². The summed E-state index contributed by atoms with van der Waals surface area (Å²) in [6.45, 7) is 2.62. The first-order chi connectivity index (χ1) is 17.0. The summed E-state index contributed by atoms with van der Waals surface area (Å²) in [6, 6.07) is 14.2. The van der Waals surface area contributed by atoms with Crippen LogP contribution in [0.1, 0.15) is 24.0 Å². The van der Waals surface area contributed by atoms with E-state index in [9.17, 15) is 4.79 Å². The van der Waals surface area contributed by atoms with Crippen molar-refractivity contribution in [1.82, 2.24) is 19.4 Å². The van der Waals surface area contributed by atoms with Gasteiger partial charge in [-0.1, -0.05) is 30.4 Å². The quantitative estimate of drug-likeness (QED) is 0.368. The van der Waals surface area contributed by atoms with Crippen molar-refractivity contribution in [2.24, 2.45) is 0 Å². The summed E-state index contributed by atoms with van der Waals surface area (Å²) in [7, 11) is 7.29. The maximum absolute atomic E-state index is 12.5. The van der Waals surface area contributed by atoms with Crippen LogP contribution in [0.25, 0.3) is 11.8 Å². The third kappa shape index (κ3) is 8.00. The summed E-state index contributed by atoms with van der Waals surface area (Å²) >= 11 is 0. The number of carbonyl (C=O) groups is 1. The fourth-order valence-corrected chi connectivity index (χ4v) is 3.79. The summed E-state index contributed by atoms with van der Waals surface area (Å²) in [4.78, 5) is 20.6. The molecule has 0 aliphatic heterocycles. The lowest BCUT2D eigenvalue weighted by molar-refractivity contribution is -0.129. The Morgan fingerprint density at radius 3 is 2.46 bits per heavy atom. The van der Waals surface area contributed by atoms with Crippen molar-refractivity contribution in [3.05, 3.63) is 78.4 Å². The highest BCUT2D eigenvalue weighted by molar-refractivity contribution is 5.78. The lowest BCUT2D eigenvalue weighted by atomic mass is 10.1. The number of ether oxygens (including phenoxy) is 2. The van der Waals surface area contributed by atoms with E-state index in [1.165, 1.54) is 5.56 Å². The molecule has 0 saturated carbocycles. The number of carbonyl (C=O) groups excluding carboxylic acids is 1. The number of hydrogen-bond acceptors (Lipinski definition) is 5. The van der Waals surface area contributed by atoms with Gasteiger partial charge in [-0.2, -0.15) is 0 Å². The van der Waals surface area contributed by atoms with Gasteiger partial charge in [0.1, 0.15) is 0 Å². The normalized spacial score (nSPS) is 11.2. The van der Waals surface area contributed by atoms with Crippen LogP contribution >= 0.6 is 0 Å². The number of methoxy groups -OCH3 is 2. The second-order valence-corrected chi connectivity index (χ2v) is 8.58. The molecule has 0 aliphatic carbocycles. The number of imidazole rings is 1. The van der Waals surface area contributed by atoms with Gasteiger partial charge in [0.2, 0.25) is 5.91 Å². The highest BCUT2D eigenvalue weighted by Gasteiger charge is 2.08. The fraction of sp³-hybridized carbons (Fsp3) is 0.357. The summed E-state index contributed by atoms with van der Waals surface area (Å²) in [5.74, 6) is 1.63. The summed E-state index contributed by atoms with van der Waals surface area (Å²) in [6.07, 6.45) is 11.6. The second kappa shape index (κ2) is 13.3. The van der Waals surface area contributed by atoms with Gasteiger partial charge < -0.3 is 23.8 Å². The molecule has 2 aromatic carbocycles. The Bertz CT molecular complexity index is 1080. The molecule has 35 heavy (non-hydrogen) atoms. The van der Waals surface area contributed by atoms with Gasteiger partial charge in [0.05, 0.1) is 20.5 Å². The predicted octanol–water partition coefficient (Wildman–Crippen LogP) is 4.32. The van der Waals surface area contributed by atoms with E-state index < -0.39 is 0 Å². The molecule has 3 rings (SSSR count). The molecule has 0 N–H and O–H groups in total. The Morgan fingerprint density at radius 1 is 1.00 bits per heavy atom. The first kappa shape index (κ1) is 26.0. The standard InChI is InChI=1S/C28H36N4O3/c1-30(19-15-24-11-14-26(34-3)27(21-24)35-4)17-6-18-31(2)28(33)8-5-7-23-9-12-25(13-10-23)32-20-16-29-22-32/h5,7,9-14,16,20-22H,6,8,15,17-19H2,1-4H3/b7-5+. The Kier molecular flexibility index (Phi) is 9.93. The zero-order valence-electron chi connectivity index (χ0n) is 21.2. The minimum absolute atomic E-state index is 0.129. The number of aromatic nitrogens is 2. The predicted molar refractivity (Wildman–Crippen MR) is 140 cm³/mol. The molecule has 0 atom stereocenters. The molecular weight excluding hydrogens is 440 g/mol. The lowest BCUT2D eigenvalue weighted by Gasteiger charge is -2.20. The van der Waals surface area contributed by atoms with Gasteiger partial charge in [-0.3, -0.25) is 4.79 Å². The van der Waals surface area contributed by atoms with E-state index in [0.717, 1.165) is 55.2 Å². The van der Waals surface area contributed by atoms with Crippen LogP contribution in [0.3, 0.4) is 0 Å². The Morgan fingerprint density at radius 2 is 1.77 bits per heavy atom. The number of benzene rings is 2. The number of nitrogens with zero attached hydrogens (tertiary/aromatic N) is 4. The summed E-state index contributed by atoms with van der Waals surface area (Å²) in [5, 5.41) is 0. The van der Waals surface area contributed by atoms with Gasteiger partial charge in [-0.25, -0.2) is 4.98 Å². The average molecular weight is 477 g/mol. The molecule has 1 amide bonds. The van der Waals surface area contributed by atoms with Crippen LogP contribution in [0.15, 0.2) is 67.3 Å². The lowest BCUT2D eigenvalue weighted by Crippen LogP contribution is -2.30. The smallest absolute Gasteiger partial charge is 0.226 e. The SMILES string of the molecule is COc1ccc(CCN(C)CCCN(C)C(=O)C/C=C/c2ccc(-n3ccnc3)cc2)cc1OC. The van der Waals surface area contributed by atoms with Crippen molar-refractivity contribution in [3.8, 4) is 17.2 Å². The van der Waals surface area contributed by atoms with Crippen molar-refractivity contribution in [2.75, 3.05) is 47.9 Å². The van der Waals surface area contributed by atoms with Crippen molar-refractivity contribution < 1.29 is 14.3 Å². The molecule has 1 aromatic heterocycles. The molecule has 1 heterocycles. The first-order valence-corrected chi connectivity index (χ1v) is 11.9. The van der Waals surface area contributed by atoms with Gasteiger partial charge in [0, 0.05) is 44.6 Å². The number of hydrogen-bond donors (Lipinski definition) is 0. The fourth-order valence-electron chi connectivity index (χ4n) is 3.79. The zero-order valence-corrected chi connectivity index (χ0v) is 21.2. The highest BCUT2D eigenvalue weighted by atomic mass is 16.5. The average Bonchev–Trinajstić information content (AvgIpc) is 3.42. The minimum atomic E-state index is 0.129. The van der Waals surface area contributed by atoms with Crippen LogP contribution in [0.2, 0.25) is 0 Å². The molecular formula is C28H36N4O3. The van der Waals surface area contributed by atoms with E-state index in [4.69, 9.17) is 9.47 Å². The molecule has 0 fully saturated rings. The Labute approximate surface area is 208 Å². The van der Waals surface area contributed by atoms with E-state index in [2.05, 4.69) is 23.0 Å². The first-order valence-electron chi connectivity index (χ1n) is 11.9. The molecule has 0 radical (unpaired) electrons. The van der Waals surface area contributed by atoms with Crippen LogP contribution in [-0.2, 0) is 11.2 Å². The number of amides is 1.